The number of aromatic nitrogens is 2. The summed E-state index contributed by atoms with van der Waals surface area (Å²) in [5, 5.41) is 5.93. The van der Waals surface area contributed by atoms with E-state index in [2.05, 4.69) is 15.3 Å². The first-order valence-electron chi connectivity index (χ1n) is 9.44. The number of aryl methyl sites for hydroxylation is 1. The highest BCUT2D eigenvalue weighted by atomic mass is 32.1. The van der Waals surface area contributed by atoms with Crippen LogP contribution in [0.15, 0.2) is 60.0 Å². The molecule has 0 fully saturated rings. The van der Waals surface area contributed by atoms with Crippen LogP contribution in [0.2, 0.25) is 0 Å². The van der Waals surface area contributed by atoms with Crippen molar-refractivity contribution in [2.75, 3.05) is 5.32 Å². The number of amides is 1. The number of benzene rings is 2. The quantitative estimate of drug-likeness (QED) is 0.415. The number of nitrogens with zero attached hydrogens (tertiary/aromatic N) is 2. The number of anilines is 1. The van der Waals surface area contributed by atoms with E-state index >= 15 is 0 Å². The third kappa shape index (κ3) is 4.90. The Morgan fingerprint density at radius 2 is 1.83 bits per heavy atom. The number of nitrogens with one attached hydrogen (secondary N) is 1. The van der Waals surface area contributed by atoms with E-state index in [4.69, 9.17) is 4.74 Å². The molecule has 0 saturated carbocycles. The van der Waals surface area contributed by atoms with Crippen molar-refractivity contribution in [3.8, 4) is 11.3 Å². The molecule has 4 aromatic rings. The predicted molar refractivity (Wildman–Crippen MR) is 120 cm³/mol. The molecule has 0 aliphatic heterocycles. The summed E-state index contributed by atoms with van der Waals surface area (Å²) in [6.07, 6.45) is -0.247. The Morgan fingerprint density at radius 1 is 1.07 bits per heavy atom. The molecule has 2 heterocycles. The van der Waals surface area contributed by atoms with Crippen LogP contribution in [0.3, 0.4) is 0 Å². The molecule has 8 heteroatoms. The summed E-state index contributed by atoms with van der Waals surface area (Å²) in [5.74, 6) is -0.835. The fraction of sp³-hybridized carbons (Fsp3) is 0.182. The van der Waals surface area contributed by atoms with Crippen molar-refractivity contribution in [3.05, 3.63) is 65.0 Å². The van der Waals surface area contributed by atoms with Crippen molar-refractivity contribution in [2.24, 2.45) is 0 Å². The molecule has 152 valence electrons. The third-order valence-electron chi connectivity index (χ3n) is 4.36. The monoisotopic (exact) mass is 437 g/mol. The summed E-state index contributed by atoms with van der Waals surface area (Å²) >= 11 is 2.89. The molecule has 2 aromatic heterocycles. The van der Waals surface area contributed by atoms with Gasteiger partial charge in [-0.05, 0) is 19.1 Å². The van der Waals surface area contributed by atoms with E-state index in [0.717, 1.165) is 26.5 Å². The van der Waals surface area contributed by atoms with Crippen LogP contribution in [0.4, 0.5) is 5.13 Å². The molecule has 0 saturated heterocycles. The van der Waals surface area contributed by atoms with Gasteiger partial charge >= 0.3 is 5.97 Å². The second-order valence-electron chi connectivity index (χ2n) is 6.60. The van der Waals surface area contributed by atoms with Gasteiger partial charge in [-0.1, -0.05) is 42.5 Å². The fourth-order valence-electron chi connectivity index (χ4n) is 2.83. The maximum Gasteiger partial charge on any atom is 0.306 e. The molecule has 4 rings (SSSR count). The summed E-state index contributed by atoms with van der Waals surface area (Å²) in [6, 6.07) is 17.6. The zero-order valence-electron chi connectivity index (χ0n) is 16.2. The SMILES string of the molecule is CC(OC(=O)CCc1nc2ccccc2s1)C(=O)Nc1nc(-c2ccccc2)cs1. The van der Waals surface area contributed by atoms with E-state index in [9.17, 15) is 9.59 Å². The molecule has 6 nitrogen and oxygen atoms in total. The van der Waals surface area contributed by atoms with Gasteiger partial charge in [0.25, 0.3) is 5.91 Å². The lowest BCUT2D eigenvalue weighted by atomic mass is 10.2. The lowest BCUT2D eigenvalue weighted by molar-refractivity contribution is -0.153. The zero-order chi connectivity index (χ0) is 20.9. The fourth-order valence-corrected chi connectivity index (χ4v) is 4.51. The van der Waals surface area contributed by atoms with Crippen LogP contribution in [-0.4, -0.2) is 27.9 Å². The van der Waals surface area contributed by atoms with E-state index in [1.54, 1.807) is 18.3 Å². The number of rotatable bonds is 7. The number of para-hydroxylation sites is 1. The first kappa shape index (κ1) is 20.2. The summed E-state index contributed by atoms with van der Waals surface area (Å²) < 4.78 is 6.36. The van der Waals surface area contributed by atoms with E-state index in [-0.39, 0.29) is 6.42 Å². The van der Waals surface area contributed by atoms with Gasteiger partial charge < -0.3 is 4.74 Å². The second kappa shape index (κ2) is 9.15. The largest absolute Gasteiger partial charge is 0.453 e. The number of esters is 1. The normalized spacial score (nSPS) is 11.9. The van der Waals surface area contributed by atoms with Crippen molar-refractivity contribution in [2.45, 2.75) is 25.9 Å². The topological polar surface area (TPSA) is 81.2 Å². The van der Waals surface area contributed by atoms with Crippen LogP contribution >= 0.6 is 22.7 Å². The van der Waals surface area contributed by atoms with Crippen molar-refractivity contribution in [3.63, 3.8) is 0 Å². The van der Waals surface area contributed by atoms with Gasteiger partial charge in [0.2, 0.25) is 0 Å². The van der Waals surface area contributed by atoms with E-state index in [0.29, 0.717) is 11.6 Å². The van der Waals surface area contributed by atoms with Crippen molar-refractivity contribution >= 4 is 49.9 Å². The summed E-state index contributed by atoms with van der Waals surface area (Å²) in [6.45, 7) is 1.55. The van der Waals surface area contributed by atoms with Crippen LogP contribution in [0, 0.1) is 0 Å². The maximum absolute atomic E-state index is 12.4. The van der Waals surface area contributed by atoms with Crippen molar-refractivity contribution in [1.29, 1.82) is 0 Å². The number of carbonyl (C=O) groups excluding carboxylic acids is 2. The van der Waals surface area contributed by atoms with Gasteiger partial charge in [0.15, 0.2) is 11.2 Å². The van der Waals surface area contributed by atoms with Gasteiger partial charge in [0.1, 0.15) is 0 Å². The Morgan fingerprint density at radius 3 is 2.63 bits per heavy atom. The highest BCUT2D eigenvalue weighted by molar-refractivity contribution is 7.18. The average Bonchev–Trinajstić information content (AvgIpc) is 3.39. The third-order valence-corrected chi connectivity index (χ3v) is 6.22. The molecule has 0 bridgehead atoms. The molecule has 0 aliphatic carbocycles. The smallest absolute Gasteiger partial charge is 0.306 e. The summed E-state index contributed by atoms with van der Waals surface area (Å²) in [5.41, 5.74) is 2.69. The van der Waals surface area contributed by atoms with Crippen LogP contribution < -0.4 is 5.32 Å². The molecule has 1 unspecified atom stereocenters. The standard InChI is InChI=1S/C22H19N3O3S2/c1-14(21(27)25-22-24-17(13-29-22)15-7-3-2-4-8-15)28-20(26)12-11-19-23-16-9-5-6-10-18(16)30-19/h2-10,13-14H,11-12H2,1H3,(H,24,25,27). The Bertz CT molecular complexity index is 1140. The Balaban J connectivity index is 1.27. The van der Waals surface area contributed by atoms with Crippen LogP contribution in [0.5, 0.6) is 0 Å². The molecule has 0 radical (unpaired) electrons. The second-order valence-corrected chi connectivity index (χ2v) is 8.57. The van der Waals surface area contributed by atoms with Gasteiger partial charge in [-0.25, -0.2) is 9.97 Å². The van der Waals surface area contributed by atoms with Gasteiger partial charge in [-0.15, -0.1) is 22.7 Å². The van der Waals surface area contributed by atoms with Crippen molar-refractivity contribution in [1.82, 2.24) is 9.97 Å². The molecule has 0 aliphatic rings. The molecular weight excluding hydrogens is 418 g/mol. The van der Waals surface area contributed by atoms with E-state index in [1.165, 1.54) is 11.3 Å². The number of hydrogen-bond acceptors (Lipinski definition) is 7. The lowest BCUT2D eigenvalue weighted by Gasteiger charge is -2.12. The minimum atomic E-state index is -0.906. The number of hydrogen-bond donors (Lipinski definition) is 1. The minimum Gasteiger partial charge on any atom is -0.453 e. The Kier molecular flexibility index (Phi) is 6.15. The molecule has 0 spiro atoms. The molecule has 1 amide bonds. The average molecular weight is 438 g/mol. The predicted octanol–water partition coefficient (Wildman–Crippen LogP) is 4.92. The van der Waals surface area contributed by atoms with Gasteiger partial charge in [0, 0.05) is 17.4 Å². The first-order valence-corrected chi connectivity index (χ1v) is 11.1. The molecule has 30 heavy (non-hydrogen) atoms. The number of thiazole rings is 2. The van der Waals surface area contributed by atoms with Gasteiger partial charge in [-0.2, -0.15) is 0 Å². The molecule has 1 N–H and O–H groups in total. The van der Waals surface area contributed by atoms with Crippen molar-refractivity contribution < 1.29 is 14.3 Å². The van der Waals surface area contributed by atoms with E-state index < -0.39 is 18.0 Å². The van der Waals surface area contributed by atoms with Crippen LogP contribution in [0.1, 0.15) is 18.4 Å². The van der Waals surface area contributed by atoms with E-state index in [1.807, 2.05) is 60.0 Å². The Hall–Kier alpha value is -3.10. The number of fused-ring (bicyclic) bond motifs is 1. The summed E-state index contributed by atoms with van der Waals surface area (Å²) in [7, 11) is 0. The first-order chi connectivity index (χ1) is 14.6. The zero-order valence-corrected chi connectivity index (χ0v) is 17.8. The van der Waals surface area contributed by atoms with Gasteiger partial charge in [-0.3, -0.25) is 14.9 Å². The molecular formula is C22H19N3O3S2. The van der Waals surface area contributed by atoms with Crippen LogP contribution in [-0.2, 0) is 20.7 Å². The lowest BCUT2D eigenvalue weighted by Crippen LogP contribution is -2.30. The minimum absolute atomic E-state index is 0.173. The molecule has 2 aromatic carbocycles. The molecule has 1 atom stereocenters. The number of ether oxygens (including phenoxy) is 1. The highest BCUT2D eigenvalue weighted by Crippen LogP contribution is 2.25. The van der Waals surface area contributed by atoms with Crippen LogP contribution in [0.25, 0.3) is 21.5 Å². The maximum atomic E-state index is 12.4. The number of carbonyl (C=O) groups is 2. The summed E-state index contributed by atoms with van der Waals surface area (Å²) in [4.78, 5) is 33.4. The highest BCUT2D eigenvalue weighted by Gasteiger charge is 2.19. The Labute approximate surface area is 181 Å². The van der Waals surface area contributed by atoms with Gasteiger partial charge in [0.05, 0.1) is 27.3 Å².